The number of amides is 2. The fourth-order valence-electron chi connectivity index (χ4n) is 4.55. The lowest BCUT2D eigenvalue weighted by molar-refractivity contribution is -0.137. The summed E-state index contributed by atoms with van der Waals surface area (Å²) in [6.45, 7) is 6.20. The zero-order valence-corrected chi connectivity index (χ0v) is 23.4. The van der Waals surface area contributed by atoms with E-state index in [2.05, 4.69) is 15.3 Å². The average Bonchev–Trinajstić information content (AvgIpc) is 3.40. The number of carbonyl (C=O) groups excluding carboxylic acids is 2. The molecule has 3 aromatic carbocycles. The molecule has 1 aliphatic heterocycles. The molecule has 2 heterocycles. The van der Waals surface area contributed by atoms with Gasteiger partial charge in [-0.3, -0.25) is 9.59 Å². The zero-order valence-electron chi connectivity index (χ0n) is 22.6. The second-order valence-electron chi connectivity index (χ2n) is 9.54. The highest BCUT2D eigenvalue weighted by atomic mass is 32.2. The molecule has 0 spiro atoms. The quantitative estimate of drug-likeness (QED) is 0.212. The van der Waals surface area contributed by atoms with Crippen LogP contribution in [0.4, 0.5) is 5.69 Å². The summed E-state index contributed by atoms with van der Waals surface area (Å²) in [4.78, 5) is 38.5. The van der Waals surface area contributed by atoms with Gasteiger partial charge in [0.05, 0.1) is 5.75 Å². The Balaban J connectivity index is 1.48. The second kappa shape index (κ2) is 12.2. The highest BCUT2D eigenvalue weighted by Crippen LogP contribution is 2.35. The van der Waals surface area contributed by atoms with Crippen LogP contribution in [0.15, 0.2) is 84.0 Å². The number of ether oxygens (including phenoxy) is 2. The number of hydrogen-bond acceptors (Lipinski definition) is 7. The molecular weight excluding hydrogens is 524 g/mol. The number of aromatic nitrogens is 2. The third-order valence-corrected chi connectivity index (χ3v) is 7.36. The standard InChI is InChI=1S/C31H30N4O4S/c1-20-9-7-8-12-24(20)17-35(28(36)18-40-31-32-21(2)15-22(3)33-31)29(23-10-5-4-6-11-23)30(37)34-25-13-14-26-27(16-25)39-19-38-26/h4-16,29H,17-19H2,1-3H3,(H,34,37). The molecule has 9 heteroatoms. The van der Waals surface area contributed by atoms with E-state index in [-0.39, 0.29) is 30.9 Å². The molecule has 0 saturated carbocycles. The lowest BCUT2D eigenvalue weighted by Crippen LogP contribution is -2.42. The summed E-state index contributed by atoms with van der Waals surface area (Å²) in [6, 6.07) is 23.5. The molecule has 1 aromatic heterocycles. The van der Waals surface area contributed by atoms with Crippen LogP contribution < -0.4 is 14.8 Å². The Labute approximate surface area is 237 Å². The number of aryl methyl sites for hydroxylation is 3. The Bertz CT molecular complexity index is 1510. The Morgan fingerprint density at radius 1 is 0.900 bits per heavy atom. The first-order valence-corrected chi connectivity index (χ1v) is 13.9. The maximum absolute atomic E-state index is 14.0. The van der Waals surface area contributed by atoms with Crippen LogP contribution in [-0.4, -0.2) is 39.2 Å². The van der Waals surface area contributed by atoms with Gasteiger partial charge in [0.15, 0.2) is 16.7 Å². The monoisotopic (exact) mass is 554 g/mol. The Morgan fingerprint density at radius 2 is 1.60 bits per heavy atom. The summed E-state index contributed by atoms with van der Waals surface area (Å²) >= 11 is 1.27. The summed E-state index contributed by atoms with van der Waals surface area (Å²) in [6.07, 6.45) is 0. The van der Waals surface area contributed by atoms with Crippen molar-refractivity contribution in [2.45, 2.75) is 38.5 Å². The molecule has 8 nitrogen and oxygen atoms in total. The van der Waals surface area contributed by atoms with Crippen molar-refractivity contribution in [1.82, 2.24) is 14.9 Å². The van der Waals surface area contributed by atoms with Gasteiger partial charge < -0.3 is 19.7 Å². The van der Waals surface area contributed by atoms with Gasteiger partial charge in [-0.15, -0.1) is 0 Å². The predicted molar refractivity (Wildman–Crippen MR) is 154 cm³/mol. The van der Waals surface area contributed by atoms with Gasteiger partial charge in [-0.2, -0.15) is 0 Å². The summed E-state index contributed by atoms with van der Waals surface area (Å²) < 4.78 is 10.9. The van der Waals surface area contributed by atoms with Gasteiger partial charge in [-0.25, -0.2) is 9.97 Å². The van der Waals surface area contributed by atoms with Gasteiger partial charge >= 0.3 is 0 Å². The molecule has 4 aromatic rings. The first-order valence-electron chi connectivity index (χ1n) is 12.9. The molecule has 204 valence electrons. The summed E-state index contributed by atoms with van der Waals surface area (Å²) in [7, 11) is 0. The number of nitrogens with one attached hydrogen (secondary N) is 1. The maximum atomic E-state index is 14.0. The van der Waals surface area contributed by atoms with Crippen molar-refractivity contribution >= 4 is 29.3 Å². The van der Waals surface area contributed by atoms with Crippen LogP contribution in [0, 0.1) is 20.8 Å². The van der Waals surface area contributed by atoms with Gasteiger partial charge in [-0.05, 0) is 55.7 Å². The van der Waals surface area contributed by atoms with Crippen molar-refractivity contribution < 1.29 is 19.1 Å². The lowest BCUT2D eigenvalue weighted by Gasteiger charge is -2.32. The van der Waals surface area contributed by atoms with Crippen LogP contribution in [0.25, 0.3) is 0 Å². The number of rotatable bonds is 9. The number of hydrogen-bond donors (Lipinski definition) is 1. The van der Waals surface area contributed by atoms with Crippen LogP contribution in [0.3, 0.4) is 0 Å². The fraction of sp³-hybridized carbons (Fsp3) is 0.226. The van der Waals surface area contributed by atoms with Crippen LogP contribution in [0.1, 0.15) is 34.1 Å². The van der Waals surface area contributed by atoms with E-state index in [0.717, 1.165) is 22.5 Å². The van der Waals surface area contributed by atoms with Crippen molar-refractivity contribution in [3.8, 4) is 11.5 Å². The zero-order chi connectivity index (χ0) is 28.1. The number of nitrogens with zero attached hydrogens (tertiary/aromatic N) is 3. The van der Waals surface area contributed by atoms with E-state index < -0.39 is 6.04 Å². The van der Waals surface area contributed by atoms with Crippen molar-refractivity contribution in [3.63, 3.8) is 0 Å². The molecule has 1 aliphatic rings. The molecule has 2 amide bonds. The molecule has 0 aliphatic carbocycles. The van der Waals surface area contributed by atoms with E-state index in [0.29, 0.717) is 27.9 Å². The molecule has 0 radical (unpaired) electrons. The summed E-state index contributed by atoms with van der Waals surface area (Å²) in [5.41, 5.74) is 4.93. The average molecular weight is 555 g/mol. The van der Waals surface area contributed by atoms with E-state index in [4.69, 9.17) is 9.47 Å². The molecule has 0 saturated heterocycles. The minimum absolute atomic E-state index is 0.0788. The summed E-state index contributed by atoms with van der Waals surface area (Å²) in [5, 5.41) is 3.53. The third-order valence-electron chi connectivity index (χ3n) is 6.52. The number of carbonyl (C=O) groups is 2. The van der Waals surface area contributed by atoms with E-state index in [1.807, 2.05) is 81.4 Å². The van der Waals surface area contributed by atoms with Crippen molar-refractivity contribution in [2.24, 2.45) is 0 Å². The molecule has 5 rings (SSSR count). The first kappa shape index (κ1) is 27.2. The van der Waals surface area contributed by atoms with Crippen LogP contribution in [0.2, 0.25) is 0 Å². The van der Waals surface area contributed by atoms with E-state index in [9.17, 15) is 9.59 Å². The van der Waals surface area contributed by atoms with Crippen LogP contribution in [-0.2, 0) is 16.1 Å². The third kappa shape index (κ3) is 6.43. The molecule has 0 bridgehead atoms. The van der Waals surface area contributed by atoms with Crippen molar-refractivity contribution in [2.75, 3.05) is 17.9 Å². The van der Waals surface area contributed by atoms with E-state index in [1.54, 1.807) is 23.1 Å². The fourth-order valence-corrected chi connectivity index (χ4v) is 5.39. The normalized spacial score (nSPS) is 12.6. The number of thioether (sulfide) groups is 1. The minimum atomic E-state index is -0.889. The highest BCUT2D eigenvalue weighted by Gasteiger charge is 2.32. The van der Waals surface area contributed by atoms with Crippen LogP contribution >= 0.6 is 11.8 Å². The molecule has 1 unspecified atom stereocenters. The largest absolute Gasteiger partial charge is 0.454 e. The molecule has 0 fully saturated rings. The van der Waals surface area contributed by atoms with Crippen molar-refractivity contribution in [3.05, 3.63) is 107 Å². The Kier molecular flexibility index (Phi) is 8.31. The van der Waals surface area contributed by atoms with Gasteiger partial charge in [0, 0.05) is 29.7 Å². The maximum Gasteiger partial charge on any atom is 0.251 e. The van der Waals surface area contributed by atoms with Gasteiger partial charge in [0.1, 0.15) is 6.04 Å². The number of benzene rings is 3. The lowest BCUT2D eigenvalue weighted by atomic mass is 10.0. The van der Waals surface area contributed by atoms with Gasteiger partial charge in [0.2, 0.25) is 12.7 Å². The second-order valence-corrected chi connectivity index (χ2v) is 10.5. The predicted octanol–water partition coefficient (Wildman–Crippen LogP) is 5.63. The Morgan fingerprint density at radius 3 is 2.35 bits per heavy atom. The van der Waals surface area contributed by atoms with Gasteiger partial charge in [-0.1, -0.05) is 66.4 Å². The minimum Gasteiger partial charge on any atom is -0.454 e. The first-order chi connectivity index (χ1) is 19.4. The number of fused-ring (bicyclic) bond motifs is 1. The van der Waals surface area contributed by atoms with Crippen LogP contribution in [0.5, 0.6) is 11.5 Å². The Hall–Kier alpha value is -4.37. The van der Waals surface area contributed by atoms with Crippen molar-refractivity contribution in [1.29, 1.82) is 0 Å². The molecular formula is C31H30N4O4S. The molecule has 1 N–H and O–H groups in total. The summed E-state index contributed by atoms with van der Waals surface area (Å²) in [5.74, 6) is 0.729. The SMILES string of the molecule is Cc1cc(C)nc(SCC(=O)N(Cc2ccccc2C)C(C(=O)Nc2ccc3c(c2)OCO3)c2ccccc2)n1. The molecule has 40 heavy (non-hydrogen) atoms. The van der Waals surface area contributed by atoms with Gasteiger partial charge in [0.25, 0.3) is 5.91 Å². The van der Waals surface area contributed by atoms with E-state index in [1.165, 1.54) is 11.8 Å². The molecule has 1 atom stereocenters. The highest BCUT2D eigenvalue weighted by molar-refractivity contribution is 7.99. The van der Waals surface area contributed by atoms with E-state index >= 15 is 0 Å². The topological polar surface area (TPSA) is 93.7 Å². The number of anilines is 1. The smallest absolute Gasteiger partial charge is 0.251 e.